The molecule has 0 bridgehead atoms. The van der Waals surface area contributed by atoms with Crippen LogP contribution in [0.2, 0.25) is 0 Å². The van der Waals surface area contributed by atoms with E-state index in [9.17, 15) is 9.59 Å². The molecule has 1 fully saturated rings. The van der Waals surface area contributed by atoms with E-state index in [2.05, 4.69) is 10.3 Å². The topological polar surface area (TPSA) is 66.7 Å². The standard InChI is InChI=1S/C20H20N4O2/c1-14-19(24-12-4-2-9-17(24)21-14)20(26)22-15-7-6-8-16(13-15)23-11-5-3-10-18(23)25/h2,4,6-9,12-13H,3,5,10-11H2,1H3,(H,22,26). The number of carbonyl (C=O) groups is 2. The molecule has 6 heteroatoms. The van der Waals surface area contributed by atoms with E-state index in [0.29, 0.717) is 23.5 Å². The minimum atomic E-state index is -0.219. The third-order valence-corrected chi connectivity index (χ3v) is 4.66. The van der Waals surface area contributed by atoms with Crippen LogP contribution in [0.15, 0.2) is 48.7 Å². The van der Waals surface area contributed by atoms with Crippen LogP contribution in [0.3, 0.4) is 0 Å². The second-order valence-corrected chi connectivity index (χ2v) is 6.48. The minimum Gasteiger partial charge on any atom is -0.321 e. The Morgan fingerprint density at radius 3 is 2.88 bits per heavy atom. The molecule has 0 unspecified atom stereocenters. The van der Waals surface area contributed by atoms with Gasteiger partial charge in [-0.1, -0.05) is 12.1 Å². The molecule has 0 atom stereocenters. The molecule has 0 aliphatic carbocycles. The van der Waals surface area contributed by atoms with E-state index in [0.717, 1.165) is 30.7 Å². The van der Waals surface area contributed by atoms with Gasteiger partial charge in [-0.15, -0.1) is 0 Å². The maximum atomic E-state index is 12.8. The molecule has 6 nitrogen and oxygen atoms in total. The fourth-order valence-electron chi connectivity index (χ4n) is 3.41. The van der Waals surface area contributed by atoms with Gasteiger partial charge in [0.05, 0.1) is 5.69 Å². The van der Waals surface area contributed by atoms with E-state index in [1.807, 2.05) is 55.6 Å². The van der Waals surface area contributed by atoms with E-state index < -0.39 is 0 Å². The lowest BCUT2D eigenvalue weighted by Gasteiger charge is -2.27. The highest BCUT2D eigenvalue weighted by molar-refractivity contribution is 6.05. The number of fused-ring (bicyclic) bond motifs is 1. The van der Waals surface area contributed by atoms with Crippen LogP contribution in [0.5, 0.6) is 0 Å². The van der Waals surface area contributed by atoms with E-state index in [1.165, 1.54) is 0 Å². The molecule has 3 heterocycles. The third kappa shape index (κ3) is 2.94. The average Bonchev–Trinajstić information content (AvgIpc) is 2.98. The molecule has 3 aromatic rings. The summed E-state index contributed by atoms with van der Waals surface area (Å²) in [4.78, 5) is 31.2. The summed E-state index contributed by atoms with van der Waals surface area (Å²) in [6, 6.07) is 13.1. The quantitative estimate of drug-likeness (QED) is 0.789. The van der Waals surface area contributed by atoms with Crippen LogP contribution in [0.25, 0.3) is 5.65 Å². The van der Waals surface area contributed by atoms with Crippen molar-refractivity contribution < 1.29 is 9.59 Å². The molecule has 0 radical (unpaired) electrons. The van der Waals surface area contributed by atoms with Crippen molar-refractivity contribution in [3.63, 3.8) is 0 Å². The Kier molecular flexibility index (Phi) is 4.16. The first-order valence-corrected chi connectivity index (χ1v) is 8.79. The maximum Gasteiger partial charge on any atom is 0.274 e. The second-order valence-electron chi connectivity index (χ2n) is 6.48. The lowest BCUT2D eigenvalue weighted by Crippen LogP contribution is -2.35. The Hall–Kier alpha value is -3.15. The van der Waals surface area contributed by atoms with Crippen molar-refractivity contribution in [1.29, 1.82) is 0 Å². The SMILES string of the molecule is Cc1nc2ccccn2c1C(=O)Nc1cccc(N2CCCCC2=O)c1. The zero-order valence-corrected chi connectivity index (χ0v) is 14.6. The number of aromatic nitrogens is 2. The summed E-state index contributed by atoms with van der Waals surface area (Å²) < 4.78 is 1.78. The largest absolute Gasteiger partial charge is 0.321 e. The first kappa shape index (κ1) is 16.3. The van der Waals surface area contributed by atoms with Gasteiger partial charge in [0.1, 0.15) is 11.3 Å². The van der Waals surface area contributed by atoms with Crippen LogP contribution in [0.4, 0.5) is 11.4 Å². The maximum absolute atomic E-state index is 12.8. The van der Waals surface area contributed by atoms with Crippen molar-refractivity contribution in [1.82, 2.24) is 9.38 Å². The number of rotatable bonds is 3. The first-order valence-electron chi connectivity index (χ1n) is 8.79. The number of amides is 2. The number of imidazole rings is 1. The average molecular weight is 348 g/mol. The van der Waals surface area contributed by atoms with Crippen molar-refractivity contribution >= 4 is 28.8 Å². The fourth-order valence-corrected chi connectivity index (χ4v) is 3.41. The minimum absolute atomic E-state index is 0.136. The van der Waals surface area contributed by atoms with Gasteiger partial charge in [0, 0.05) is 30.5 Å². The van der Waals surface area contributed by atoms with Gasteiger partial charge in [0.2, 0.25) is 5.91 Å². The zero-order valence-electron chi connectivity index (χ0n) is 14.6. The molecule has 0 saturated carbocycles. The Labute approximate surface area is 151 Å². The smallest absolute Gasteiger partial charge is 0.274 e. The number of nitrogens with one attached hydrogen (secondary N) is 1. The molecular formula is C20H20N4O2. The van der Waals surface area contributed by atoms with E-state index in [4.69, 9.17) is 0 Å². The number of hydrogen-bond acceptors (Lipinski definition) is 3. The number of carbonyl (C=O) groups excluding carboxylic acids is 2. The fraction of sp³-hybridized carbons (Fsp3) is 0.250. The highest BCUT2D eigenvalue weighted by atomic mass is 16.2. The Morgan fingerprint density at radius 1 is 1.15 bits per heavy atom. The number of hydrogen-bond donors (Lipinski definition) is 1. The summed E-state index contributed by atoms with van der Waals surface area (Å²) in [6.07, 6.45) is 4.35. The summed E-state index contributed by atoms with van der Waals surface area (Å²) in [5.41, 5.74) is 3.41. The number of aryl methyl sites for hydroxylation is 1. The van der Waals surface area contributed by atoms with Crippen molar-refractivity contribution in [3.05, 3.63) is 60.0 Å². The molecule has 4 rings (SSSR count). The van der Waals surface area contributed by atoms with Gasteiger partial charge < -0.3 is 10.2 Å². The highest BCUT2D eigenvalue weighted by Gasteiger charge is 2.20. The summed E-state index contributed by atoms with van der Waals surface area (Å²) in [5, 5.41) is 2.93. The summed E-state index contributed by atoms with van der Waals surface area (Å²) in [5.74, 6) is -0.0827. The monoisotopic (exact) mass is 348 g/mol. The van der Waals surface area contributed by atoms with Crippen LogP contribution in [0.1, 0.15) is 35.4 Å². The van der Waals surface area contributed by atoms with Crippen molar-refractivity contribution in [2.75, 3.05) is 16.8 Å². The molecule has 1 aliphatic rings. The van der Waals surface area contributed by atoms with Gasteiger partial charge in [-0.2, -0.15) is 0 Å². The van der Waals surface area contributed by atoms with Crippen LogP contribution in [-0.2, 0) is 4.79 Å². The van der Waals surface area contributed by atoms with Crippen LogP contribution in [-0.4, -0.2) is 27.7 Å². The summed E-state index contributed by atoms with van der Waals surface area (Å²) in [7, 11) is 0. The van der Waals surface area contributed by atoms with Crippen molar-refractivity contribution in [2.24, 2.45) is 0 Å². The first-order chi connectivity index (χ1) is 12.6. The molecule has 1 saturated heterocycles. The number of benzene rings is 1. The lowest BCUT2D eigenvalue weighted by molar-refractivity contribution is -0.119. The molecule has 2 amide bonds. The predicted molar refractivity (Wildman–Crippen MR) is 101 cm³/mol. The molecule has 26 heavy (non-hydrogen) atoms. The third-order valence-electron chi connectivity index (χ3n) is 4.66. The van der Waals surface area contributed by atoms with E-state index in [-0.39, 0.29) is 11.8 Å². The van der Waals surface area contributed by atoms with Crippen LogP contribution in [0, 0.1) is 6.92 Å². The van der Waals surface area contributed by atoms with Gasteiger partial charge >= 0.3 is 0 Å². The number of anilines is 2. The van der Waals surface area contributed by atoms with E-state index in [1.54, 1.807) is 9.30 Å². The van der Waals surface area contributed by atoms with Crippen LogP contribution >= 0.6 is 0 Å². The zero-order chi connectivity index (χ0) is 18.1. The highest BCUT2D eigenvalue weighted by Crippen LogP contribution is 2.24. The molecule has 1 N–H and O–H groups in total. The van der Waals surface area contributed by atoms with Gasteiger partial charge in [-0.05, 0) is 50.1 Å². The Balaban J connectivity index is 1.61. The second kappa shape index (κ2) is 6.63. The number of nitrogens with zero attached hydrogens (tertiary/aromatic N) is 3. The predicted octanol–water partition coefficient (Wildman–Crippen LogP) is 3.41. The molecule has 1 aromatic carbocycles. The normalized spacial score (nSPS) is 14.7. The lowest BCUT2D eigenvalue weighted by atomic mass is 10.1. The summed E-state index contributed by atoms with van der Waals surface area (Å²) in [6.45, 7) is 2.55. The molecule has 2 aromatic heterocycles. The molecular weight excluding hydrogens is 328 g/mol. The number of piperidine rings is 1. The van der Waals surface area contributed by atoms with Gasteiger partial charge in [-0.3, -0.25) is 14.0 Å². The van der Waals surface area contributed by atoms with Gasteiger partial charge in [-0.25, -0.2) is 4.98 Å². The van der Waals surface area contributed by atoms with Gasteiger partial charge in [0.15, 0.2) is 0 Å². The molecule has 0 spiro atoms. The molecule has 132 valence electrons. The van der Waals surface area contributed by atoms with Crippen LogP contribution < -0.4 is 10.2 Å². The van der Waals surface area contributed by atoms with E-state index >= 15 is 0 Å². The number of pyridine rings is 1. The Bertz CT molecular complexity index is 992. The molecule has 1 aliphatic heterocycles. The Morgan fingerprint density at radius 2 is 2.04 bits per heavy atom. The van der Waals surface area contributed by atoms with Gasteiger partial charge in [0.25, 0.3) is 5.91 Å². The van der Waals surface area contributed by atoms with Crippen molar-refractivity contribution in [2.45, 2.75) is 26.2 Å². The van der Waals surface area contributed by atoms with Crippen molar-refractivity contribution in [3.8, 4) is 0 Å². The summed E-state index contributed by atoms with van der Waals surface area (Å²) >= 11 is 0.